The van der Waals surface area contributed by atoms with Crippen LogP contribution in [0.2, 0.25) is 0 Å². The molecule has 36 heavy (non-hydrogen) atoms. The number of carbonyl (C=O) groups is 2. The number of rotatable bonds is 8. The van der Waals surface area contributed by atoms with Crippen LogP contribution in [0.4, 0.5) is 10.7 Å². The second kappa shape index (κ2) is 11.4. The molecule has 0 bridgehead atoms. The second-order valence-corrected chi connectivity index (χ2v) is 11.9. The van der Waals surface area contributed by atoms with E-state index in [1.165, 1.54) is 10.4 Å². The van der Waals surface area contributed by atoms with Crippen LogP contribution in [0.5, 0.6) is 0 Å². The maximum atomic E-state index is 13.5. The van der Waals surface area contributed by atoms with Gasteiger partial charge < -0.3 is 16.0 Å². The highest BCUT2D eigenvalue weighted by atomic mass is 32.1. The largest absolute Gasteiger partial charge is 0.322 e. The maximum Gasteiger partial charge on any atom is 0.258 e. The number of thiophene rings is 1. The first-order valence-corrected chi connectivity index (χ1v) is 13.6. The highest BCUT2D eigenvalue weighted by molar-refractivity contribution is 7.17. The number of hydrogen-bond donors (Lipinski definition) is 3. The molecule has 1 heterocycles. The van der Waals surface area contributed by atoms with Gasteiger partial charge in [0.15, 0.2) is 0 Å². The first kappa shape index (κ1) is 26.1. The normalized spacial score (nSPS) is 15.3. The molecule has 0 radical (unpaired) electrons. The average molecular weight is 504 g/mol. The Labute approximate surface area is 218 Å². The molecule has 0 aliphatic heterocycles. The summed E-state index contributed by atoms with van der Waals surface area (Å²) < 4.78 is 0. The lowest BCUT2D eigenvalue weighted by Crippen LogP contribution is -2.30. The highest BCUT2D eigenvalue weighted by Gasteiger charge is 2.34. The molecule has 1 atom stereocenters. The van der Waals surface area contributed by atoms with Gasteiger partial charge in [-0.25, -0.2) is 0 Å². The minimum Gasteiger partial charge on any atom is -0.322 e. The molecule has 6 heteroatoms. The van der Waals surface area contributed by atoms with Crippen molar-refractivity contribution in [2.24, 2.45) is 11.3 Å². The molecule has 0 saturated carbocycles. The zero-order chi connectivity index (χ0) is 25.7. The Balaban J connectivity index is 1.48. The zero-order valence-corrected chi connectivity index (χ0v) is 22.6. The molecule has 2 amide bonds. The van der Waals surface area contributed by atoms with Crippen LogP contribution in [0.3, 0.4) is 0 Å². The summed E-state index contributed by atoms with van der Waals surface area (Å²) >= 11 is 1.57. The predicted octanol–water partition coefficient (Wildman–Crippen LogP) is 6.23. The summed E-state index contributed by atoms with van der Waals surface area (Å²) in [6.07, 6.45) is 3.71. The van der Waals surface area contributed by atoms with Gasteiger partial charge in [0.25, 0.3) is 5.91 Å². The van der Waals surface area contributed by atoms with Crippen molar-refractivity contribution < 1.29 is 9.59 Å². The quantitative estimate of drug-likeness (QED) is 0.319. The molecule has 4 rings (SSSR count). The van der Waals surface area contributed by atoms with Crippen molar-refractivity contribution in [3.8, 4) is 0 Å². The number of hydrogen-bond acceptors (Lipinski definition) is 4. The minimum absolute atomic E-state index is 0.126. The van der Waals surface area contributed by atoms with Crippen LogP contribution in [-0.2, 0) is 24.1 Å². The van der Waals surface area contributed by atoms with Gasteiger partial charge in [0.2, 0.25) is 5.91 Å². The highest BCUT2D eigenvalue weighted by Crippen LogP contribution is 2.44. The van der Waals surface area contributed by atoms with Crippen molar-refractivity contribution >= 4 is 33.8 Å². The number of anilines is 2. The van der Waals surface area contributed by atoms with Crippen LogP contribution in [0.1, 0.15) is 59.1 Å². The molecule has 0 unspecified atom stereocenters. The maximum absolute atomic E-state index is 13.5. The van der Waals surface area contributed by atoms with Crippen molar-refractivity contribution in [1.82, 2.24) is 5.32 Å². The van der Waals surface area contributed by atoms with Gasteiger partial charge in [-0.1, -0.05) is 63.2 Å². The summed E-state index contributed by atoms with van der Waals surface area (Å²) in [6, 6.07) is 18.0. The van der Waals surface area contributed by atoms with E-state index in [1.807, 2.05) is 49.4 Å². The molecule has 0 saturated heterocycles. The van der Waals surface area contributed by atoms with Gasteiger partial charge in [-0.2, -0.15) is 0 Å². The van der Waals surface area contributed by atoms with Gasteiger partial charge >= 0.3 is 0 Å². The van der Waals surface area contributed by atoms with Crippen molar-refractivity contribution in [2.75, 3.05) is 23.7 Å². The number of aryl methyl sites for hydroxylation is 1. The van der Waals surface area contributed by atoms with Crippen LogP contribution in [0.15, 0.2) is 54.6 Å². The van der Waals surface area contributed by atoms with Crippen LogP contribution in [0, 0.1) is 18.3 Å². The molecular weight excluding hydrogens is 466 g/mol. The van der Waals surface area contributed by atoms with Crippen molar-refractivity contribution in [3.05, 3.63) is 81.7 Å². The first-order valence-electron chi connectivity index (χ1n) is 12.8. The van der Waals surface area contributed by atoms with Gasteiger partial charge in [0, 0.05) is 10.6 Å². The smallest absolute Gasteiger partial charge is 0.258 e. The van der Waals surface area contributed by atoms with Gasteiger partial charge in [0.05, 0.1) is 12.1 Å². The van der Waals surface area contributed by atoms with E-state index in [0.29, 0.717) is 23.0 Å². The molecule has 1 aliphatic carbocycles. The number of nitrogens with one attached hydrogen (secondary N) is 3. The van der Waals surface area contributed by atoms with Crippen LogP contribution in [0.25, 0.3) is 0 Å². The van der Waals surface area contributed by atoms with Gasteiger partial charge in [-0.05, 0) is 79.3 Å². The molecule has 0 fully saturated rings. The number of carbonyl (C=O) groups excluding carboxylic acids is 2. The third kappa shape index (κ3) is 6.62. The van der Waals surface area contributed by atoms with E-state index in [1.54, 1.807) is 11.3 Å². The van der Waals surface area contributed by atoms with Crippen LogP contribution >= 0.6 is 11.3 Å². The SMILES string of the molecule is Cc1cccc(NC(=O)c2c(NC(=O)CNCCc3ccccc3)sc3c2CC[C@@H](C(C)(C)C)C3)c1. The second-order valence-electron chi connectivity index (χ2n) is 10.8. The van der Waals surface area contributed by atoms with E-state index >= 15 is 0 Å². The van der Waals surface area contributed by atoms with Crippen molar-refractivity contribution in [2.45, 2.75) is 53.4 Å². The molecule has 1 aromatic heterocycles. The first-order chi connectivity index (χ1) is 17.2. The Bertz CT molecular complexity index is 1210. The Morgan fingerprint density at radius 2 is 1.81 bits per heavy atom. The van der Waals surface area contributed by atoms with E-state index in [0.717, 1.165) is 42.5 Å². The summed E-state index contributed by atoms with van der Waals surface area (Å²) in [5, 5.41) is 10.0. The minimum atomic E-state index is -0.153. The molecule has 0 spiro atoms. The number of amides is 2. The topological polar surface area (TPSA) is 70.2 Å². The summed E-state index contributed by atoms with van der Waals surface area (Å²) in [5.41, 5.74) is 5.02. The fourth-order valence-corrected chi connectivity index (χ4v) is 6.16. The Morgan fingerprint density at radius 1 is 1.03 bits per heavy atom. The van der Waals surface area contributed by atoms with Gasteiger partial charge in [-0.3, -0.25) is 9.59 Å². The molecule has 3 aromatic rings. The predicted molar refractivity (Wildman–Crippen MR) is 150 cm³/mol. The third-order valence-corrected chi connectivity index (χ3v) is 8.13. The van der Waals surface area contributed by atoms with E-state index < -0.39 is 0 Å². The lowest BCUT2D eigenvalue weighted by atomic mass is 9.72. The summed E-state index contributed by atoms with van der Waals surface area (Å²) in [4.78, 5) is 27.5. The summed E-state index contributed by atoms with van der Waals surface area (Å²) in [5.74, 6) is 0.276. The van der Waals surface area contributed by atoms with Gasteiger partial charge in [0.1, 0.15) is 5.00 Å². The number of benzene rings is 2. The standard InChI is InChI=1S/C30H37N3O2S/c1-20-9-8-12-23(17-20)32-28(35)27-24-14-13-22(30(2,3)4)18-25(24)36-29(27)33-26(34)19-31-16-15-21-10-6-5-7-11-21/h5-12,17,22,31H,13-16,18-19H2,1-4H3,(H,32,35)(H,33,34)/t22-/m1/s1. The van der Waals surface area contributed by atoms with Gasteiger partial charge in [-0.15, -0.1) is 11.3 Å². The molecule has 190 valence electrons. The van der Waals surface area contributed by atoms with Crippen LogP contribution < -0.4 is 16.0 Å². The Kier molecular flexibility index (Phi) is 8.27. The Morgan fingerprint density at radius 3 is 2.53 bits per heavy atom. The zero-order valence-electron chi connectivity index (χ0n) is 21.7. The van der Waals surface area contributed by atoms with Crippen molar-refractivity contribution in [3.63, 3.8) is 0 Å². The molecule has 2 aromatic carbocycles. The van der Waals surface area contributed by atoms with E-state index in [-0.39, 0.29) is 23.8 Å². The monoisotopic (exact) mass is 503 g/mol. The fraction of sp³-hybridized carbons (Fsp3) is 0.400. The molecule has 3 N–H and O–H groups in total. The molecule has 1 aliphatic rings. The van der Waals surface area contributed by atoms with E-state index in [4.69, 9.17) is 0 Å². The van der Waals surface area contributed by atoms with E-state index in [2.05, 4.69) is 48.9 Å². The average Bonchev–Trinajstić information content (AvgIpc) is 3.19. The van der Waals surface area contributed by atoms with Crippen LogP contribution in [-0.4, -0.2) is 24.9 Å². The molecule has 5 nitrogen and oxygen atoms in total. The Hall–Kier alpha value is -2.96. The summed E-state index contributed by atoms with van der Waals surface area (Å²) in [7, 11) is 0. The van der Waals surface area contributed by atoms with Crippen molar-refractivity contribution in [1.29, 1.82) is 0 Å². The lowest BCUT2D eigenvalue weighted by molar-refractivity contribution is -0.115. The van der Waals surface area contributed by atoms with E-state index in [9.17, 15) is 9.59 Å². The fourth-order valence-electron chi connectivity index (χ4n) is 4.82. The summed E-state index contributed by atoms with van der Waals surface area (Å²) in [6.45, 7) is 9.78. The number of fused-ring (bicyclic) bond motifs is 1. The molecular formula is C30H37N3O2S. The third-order valence-electron chi connectivity index (χ3n) is 6.96. The lowest BCUT2D eigenvalue weighted by Gasteiger charge is -2.33.